The van der Waals surface area contributed by atoms with Crippen molar-refractivity contribution in [2.45, 2.75) is 51.5 Å². The molecule has 1 aliphatic heterocycles. The number of likely N-dealkylation sites (tertiary alicyclic amines) is 1. The van der Waals surface area contributed by atoms with Crippen molar-refractivity contribution in [2.75, 3.05) is 26.2 Å². The molecule has 1 aliphatic carbocycles. The summed E-state index contributed by atoms with van der Waals surface area (Å²) in [5, 5.41) is 3.75. The van der Waals surface area contributed by atoms with Gasteiger partial charge in [0.2, 0.25) is 0 Å². The van der Waals surface area contributed by atoms with Crippen LogP contribution < -0.4 is 5.32 Å². The predicted octanol–water partition coefficient (Wildman–Crippen LogP) is 2.25. The van der Waals surface area contributed by atoms with Crippen LogP contribution in [-0.4, -0.2) is 37.1 Å². The van der Waals surface area contributed by atoms with Gasteiger partial charge in [-0.3, -0.25) is 0 Å². The second kappa shape index (κ2) is 5.86. The molecule has 0 spiro atoms. The summed E-state index contributed by atoms with van der Waals surface area (Å²) < 4.78 is 0. The Hall–Kier alpha value is -0.0800. The normalized spacial score (nSPS) is 29.0. The van der Waals surface area contributed by atoms with E-state index in [1.165, 1.54) is 64.7 Å². The maximum atomic E-state index is 3.75. The van der Waals surface area contributed by atoms with Crippen molar-refractivity contribution in [3.63, 3.8) is 0 Å². The molecule has 2 nitrogen and oxygen atoms in total. The lowest BCUT2D eigenvalue weighted by Gasteiger charge is -2.18. The number of hydrogen-bond acceptors (Lipinski definition) is 2. The van der Waals surface area contributed by atoms with Crippen molar-refractivity contribution < 1.29 is 0 Å². The highest BCUT2D eigenvalue weighted by Crippen LogP contribution is 2.31. The molecule has 1 N–H and O–H groups in total. The first-order chi connectivity index (χ1) is 7.38. The number of hydrogen-bond donors (Lipinski definition) is 1. The molecule has 1 atom stereocenters. The van der Waals surface area contributed by atoms with E-state index in [0.717, 1.165) is 12.0 Å². The molecule has 2 aliphatic rings. The van der Waals surface area contributed by atoms with Gasteiger partial charge >= 0.3 is 0 Å². The molecule has 0 amide bonds. The zero-order chi connectivity index (χ0) is 10.5. The quantitative estimate of drug-likeness (QED) is 0.749. The van der Waals surface area contributed by atoms with Crippen LogP contribution in [0.15, 0.2) is 0 Å². The van der Waals surface area contributed by atoms with E-state index in [9.17, 15) is 0 Å². The third kappa shape index (κ3) is 4.12. The summed E-state index contributed by atoms with van der Waals surface area (Å²) in [6.07, 6.45) is 8.55. The molecule has 2 heteroatoms. The molecule has 15 heavy (non-hydrogen) atoms. The molecule has 0 aromatic carbocycles. The number of nitrogens with zero attached hydrogens (tertiary/aromatic N) is 1. The van der Waals surface area contributed by atoms with Gasteiger partial charge in [-0.1, -0.05) is 19.8 Å². The van der Waals surface area contributed by atoms with Crippen LogP contribution in [0.3, 0.4) is 0 Å². The van der Waals surface area contributed by atoms with Crippen molar-refractivity contribution in [3.05, 3.63) is 0 Å². The molecule has 0 bridgehead atoms. The molecule has 2 fully saturated rings. The van der Waals surface area contributed by atoms with E-state index in [1.807, 2.05) is 0 Å². The highest BCUT2D eigenvalue weighted by molar-refractivity contribution is 4.77. The monoisotopic (exact) mass is 210 g/mol. The van der Waals surface area contributed by atoms with Crippen LogP contribution in [0.4, 0.5) is 0 Å². The number of rotatable bonds is 5. The van der Waals surface area contributed by atoms with Crippen molar-refractivity contribution >= 4 is 0 Å². The fourth-order valence-corrected chi connectivity index (χ4v) is 2.57. The van der Waals surface area contributed by atoms with Gasteiger partial charge in [-0.15, -0.1) is 0 Å². The standard InChI is InChI=1S/C13H26N2/c1-2-15-10-3-4-13(8-11-15)14-9-7-12-5-6-12/h12-14H,2-11H2,1H3. The topological polar surface area (TPSA) is 15.3 Å². The zero-order valence-corrected chi connectivity index (χ0v) is 10.2. The minimum Gasteiger partial charge on any atom is -0.314 e. The van der Waals surface area contributed by atoms with Gasteiger partial charge in [0, 0.05) is 6.04 Å². The predicted molar refractivity (Wildman–Crippen MR) is 65.1 cm³/mol. The molecular formula is C13H26N2. The second-order valence-corrected chi connectivity index (χ2v) is 5.25. The molecule has 0 radical (unpaired) electrons. The molecular weight excluding hydrogens is 184 g/mol. The second-order valence-electron chi connectivity index (χ2n) is 5.25. The van der Waals surface area contributed by atoms with Crippen molar-refractivity contribution in [2.24, 2.45) is 5.92 Å². The summed E-state index contributed by atoms with van der Waals surface area (Å²) in [6.45, 7) is 7.39. The summed E-state index contributed by atoms with van der Waals surface area (Å²) in [5.41, 5.74) is 0. The van der Waals surface area contributed by atoms with Crippen LogP contribution in [0.25, 0.3) is 0 Å². The lowest BCUT2D eigenvalue weighted by Crippen LogP contribution is -2.31. The third-order valence-electron chi connectivity index (χ3n) is 3.95. The van der Waals surface area contributed by atoms with Crippen LogP contribution in [0.2, 0.25) is 0 Å². The molecule has 0 aromatic rings. The van der Waals surface area contributed by atoms with E-state index >= 15 is 0 Å². The van der Waals surface area contributed by atoms with Gasteiger partial charge in [-0.25, -0.2) is 0 Å². The Morgan fingerprint density at radius 2 is 2.00 bits per heavy atom. The van der Waals surface area contributed by atoms with Crippen LogP contribution >= 0.6 is 0 Å². The molecule has 1 saturated heterocycles. The largest absolute Gasteiger partial charge is 0.314 e. The lowest BCUT2D eigenvalue weighted by atomic mass is 10.1. The zero-order valence-electron chi connectivity index (χ0n) is 10.2. The SMILES string of the molecule is CCN1CCCC(NCCC2CC2)CC1. The van der Waals surface area contributed by atoms with Gasteiger partial charge in [0.05, 0.1) is 0 Å². The molecule has 2 rings (SSSR count). The Bertz CT molecular complexity index is 177. The van der Waals surface area contributed by atoms with Crippen molar-refractivity contribution in [1.82, 2.24) is 10.2 Å². The van der Waals surface area contributed by atoms with Crippen LogP contribution in [0.1, 0.15) is 45.4 Å². The summed E-state index contributed by atoms with van der Waals surface area (Å²) in [6, 6.07) is 0.806. The summed E-state index contributed by atoms with van der Waals surface area (Å²) >= 11 is 0. The highest BCUT2D eigenvalue weighted by atomic mass is 15.1. The fourth-order valence-electron chi connectivity index (χ4n) is 2.57. The lowest BCUT2D eigenvalue weighted by molar-refractivity contribution is 0.297. The van der Waals surface area contributed by atoms with Gasteiger partial charge in [0.15, 0.2) is 0 Å². The smallest absolute Gasteiger partial charge is 0.00797 e. The molecule has 88 valence electrons. The minimum atomic E-state index is 0.806. The summed E-state index contributed by atoms with van der Waals surface area (Å²) in [7, 11) is 0. The van der Waals surface area contributed by atoms with E-state index in [4.69, 9.17) is 0 Å². The van der Waals surface area contributed by atoms with E-state index in [1.54, 1.807) is 0 Å². The van der Waals surface area contributed by atoms with Gasteiger partial charge in [0.25, 0.3) is 0 Å². The maximum Gasteiger partial charge on any atom is 0.00797 e. The molecule has 1 heterocycles. The van der Waals surface area contributed by atoms with Crippen LogP contribution in [0, 0.1) is 5.92 Å². The molecule has 0 aromatic heterocycles. The highest BCUT2D eigenvalue weighted by Gasteiger charge is 2.21. The summed E-state index contributed by atoms with van der Waals surface area (Å²) in [4.78, 5) is 2.59. The Balaban J connectivity index is 1.59. The average Bonchev–Trinajstić information content (AvgIpc) is 3.05. The van der Waals surface area contributed by atoms with Crippen molar-refractivity contribution in [3.8, 4) is 0 Å². The van der Waals surface area contributed by atoms with Gasteiger partial charge < -0.3 is 10.2 Å². The Morgan fingerprint density at radius 3 is 2.73 bits per heavy atom. The van der Waals surface area contributed by atoms with Crippen LogP contribution in [-0.2, 0) is 0 Å². The van der Waals surface area contributed by atoms with Gasteiger partial charge in [-0.05, 0) is 57.8 Å². The molecule has 1 saturated carbocycles. The van der Waals surface area contributed by atoms with Gasteiger partial charge in [-0.2, -0.15) is 0 Å². The molecule has 1 unspecified atom stereocenters. The Labute approximate surface area is 94.4 Å². The Kier molecular flexibility index (Phi) is 4.45. The first-order valence-electron chi connectivity index (χ1n) is 6.84. The summed E-state index contributed by atoms with van der Waals surface area (Å²) in [5.74, 6) is 1.08. The number of nitrogens with one attached hydrogen (secondary N) is 1. The van der Waals surface area contributed by atoms with E-state index in [2.05, 4.69) is 17.1 Å². The van der Waals surface area contributed by atoms with Crippen molar-refractivity contribution in [1.29, 1.82) is 0 Å². The Morgan fingerprint density at radius 1 is 1.13 bits per heavy atom. The average molecular weight is 210 g/mol. The maximum absolute atomic E-state index is 3.75. The van der Waals surface area contributed by atoms with E-state index < -0.39 is 0 Å². The fraction of sp³-hybridized carbons (Fsp3) is 1.00. The van der Waals surface area contributed by atoms with Crippen LogP contribution in [0.5, 0.6) is 0 Å². The first-order valence-corrected chi connectivity index (χ1v) is 6.84. The van der Waals surface area contributed by atoms with Gasteiger partial charge in [0.1, 0.15) is 0 Å². The van der Waals surface area contributed by atoms with E-state index in [0.29, 0.717) is 0 Å². The third-order valence-corrected chi connectivity index (χ3v) is 3.95. The van der Waals surface area contributed by atoms with E-state index in [-0.39, 0.29) is 0 Å². The minimum absolute atomic E-state index is 0.806. The first kappa shape index (κ1) is 11.4.